The Hall–Kier alpha value is -3.00. The Morgan fingerprint density at radius 1 is 1.03 bits per heavy atom. The first-order valence-electron chi connectivity index (χ1n) is 10.3. The number of H-pyrrole nitrogens is 1. The van der Waals surface area contributed by atoms with Crippen LogP contribution in [0.2, 0.25) is 0 Å². The highest BCUT2D eigenvalue weighted by atomic mass is 32.2. The average Bonchev–Trinajstić information content (AvgIpc) is 3.23. The van der Waals surface area contributed by atoms with Crippen LogP contribution in [0, 0.1) is 0 Å². The highest BCUT2D eigenvalue weighted by molar-refractivity contribution is 7.98. The minimum atomic E-state index is -0.109. The van der Waals surface area contributed by atoms with Crippen molar-refractivity contribution in [1.82, 2.24) is 29.7 Å². The van der Waals surface area contributed by atoms with Crippen molar-refractivity contribution < 1.29 is 0 Å². The molecule has 0 aliphatic heterocycles. The van der Waals surface area contributed by atoms with Crippen LogP contribution in [-0.2, 0) is 5.75 Å². The lowest BCUT2D eigenvalue weighted by atomic mass is 9.95. The van der Waals surface area contributed by atoms with E-state index in [1.54, 1.807) is 30.2 Å². The molecule has 1 fully saturated rings. The molecular weight excluding hydrogens is 396 g/mol. The number of para-hydroxylation sites is 1. The number of aromatic nitrogens is 6. The first-order valence-corrected chi connectivity index (χ1v) is 11.2. The van der Waals surface area contributed by atoms with Gasteiger partial charge in [0.25, 0.3) is 5.56 Å². The van der Waals surface area contributed by atoms with Gasteiger partial charge in [-0.1, -0.05) is 43.2 Å². The molecule has 0 spiro atoms. The predicted molar refractivity (Wildman–Crippen MR) is 117 cm³/mol. The number of aromatic amines is 1. The van der Waals surface area contributed by atoms with E-state index in [-0.39, 0.29) is 5.56 Å². The SMILES string of the molecule is O=c1[nH]c(CSc2nnc(-c3ccncc3)n2C2CCCCC2)nc2ccccc12. The summed E-state index contributed by atoms with van der Waals surface area (Å²) in [5.41, 5.74) is 1.62. The molecule has 5 rings (SSSR count). The van der Waals surface area contributed by atoms with Crippen LogP contribution < -0.4 is 5.56 Å². The molecule has 0 unspecified atom stereocenters. The van der Waals surface area contributed by atoms with Crippen molar-refractivity contribution in [3.8, 4) is 11.4 Å². The van der Waals surface area contributed by atoms with Gasteiger partial charge in [-0.25, -0.2) is 4.98 Å². The predicted octanol–water partition coefficient (Wildman–Crippen LogP) is 4.37. The summed E-state index contributed by atoms with van der Waals surface area (Å²) in [6.07, 6.45) is 9.57. The monoisotopic (exact) mass is 418 g/mol. The molecule has 1 N–H and O–H groups in total. The lowest BCUT2D eigenvalue weighted by Gasteiger charge is -2.25. The number of nitrogens with zero attached hydrogens (tertiary/aromatic N) is 5. The number of thioether (sulfide) groups is 1. The summed E-state index contributed by atoms with van der Waals surface area (Å²) < 4.78 is 2.28. The molecule has 1 aromatic carbocycles. The second-order valence-electron chi connectivity index (χ2n) is 7.52. The number of nitrogens with one attached hydrogen (secondary N) is 1. The van der Waals surface area contributed by atoms with Crippen LogP contribution in [0.5, 0.6) is 0 Å². The van der Waals surface area contributed by atoms with Crippen LogP contribution in [0.25, 0.3) is 22.3 Å². The van der Waals surface area contributed by atoms with E-state index in [1.807, 2.05) is 30.3 Å². The van der Waals surface area contributed by atoms with Crippen molar-refractivity contribution >= 4 is 22.7 Å². The van der Waals surface area contributed by atoms with E-state index >= 15 is 0 Å². The summed E-state index contributed by atoms with van der Waals surface area (Å²) in [5, 5.41) is 10.5. The van der Waals surface area contributed by atoms with E-state index in [2.05, 4.69) is 29.7 Å². The number of rotatable bonds is 5. The molecule has 8 heteroatoms. The Morgan fingerprint density at radius 2 is 1.83 bits per heavy atom. The van der Waals surface area contributed by atoms with Gasteiger partial charge in [0.05, 0.1) is 16.7 Å². The normalized spacial score (nSPS) is 14.9. The number of fused-ring (bicyclic) bond motifs is 1. The zero-order chi connectivity index (χ0) is 20.3. The average molecular weight is 419 g/mol. The zero-order valence-corrected chi connectivity index (χ0v) is 17.3. The van der Waals surface area contributed by atoms with Crippen molar-refractivity contribution in [2.24, 2.45) is 0 Å². The second kappa shape index (κ2) is 8.39. The third kappa shape index (κ3) is 3.75. The third-order valence-electron chi connectivity index (χ3n) is 5.54. The van der Waals surface area contributed by atoms with Gasteiger partial charge < -0.3 is 4.98 Å². The molecule has 30 heavy (non-hydrogen) atoms. The maximum Gasteiger partial charge on any atom is 0.258 e. The van der Waals surface area contributed by atoms with Gasteiger partial charge in [0.1, 0.15) is 5.82 Å². The van der Waals surface area contributed by atoms with E-state index in [0.717, 1.165) is 29.4 Å². The van der Waals surface area contributed by atoms with Crippen molar-refractivity contribution in [2.75, 3.05) is 0 Å². The third-order valence-corrected chi connectivity index (χ3v) is 6.50. The molecule has 4 aromatic rings. The number of benzene rings is 1. The lowest BCUT2D eigenvalue weighted by molar-refractivity contribution is 0.339. The van der Waals surface area contributed by atoms with Gasteiger partial charge in [0, 0.05) is 24.0 Å². The van der Waals surface area contributed by atoms with Crippen molar-refractivity contribution in [2.45, 2.75) is 49.1 Å². The molecule has 152 valence electrons. The summed E-state index contributed by atoms with van der Waals surface area (Å²) in [7, 11) is 0. The van der Waals surface area contributed by atoms with Crippen LogP contribution in [0.1, 0.15) is 44.0 Å². The summed E-state index contributed by atoms with van der Waals surface area (Å²) >= 11 is 1.57. The topological polar surface area (TPSA) is 89.4 Å². The minimum Gasteiger partial charge on any atom is -0.309 e. The Morgan fingerprint density at radius 3 is 2.67 bits per heavy atom. The number of pyridine rings is 1. The molecular formula is C22H22N6OS. The second-order valence-corrected chi connectivity index (χ2v) is 8.46. The molecule has 1 aliphatic carbocycles. The van der Waals surface area contributed by atoms with Gasteiger partial charge in [-0.15, -0.1) is 10.2 Å². The van der Waals surface area contributed by atoms with Crippen LogP contribution >= 0.6 is 11.8 Å². The van der Waals surface area contributed by atoms with Crippen LogP contribution in [-0.4, -0.2) is 29.7 Å². The van der Waals surface area contributed by atoms with Crippen molar-refractivity contribution in [1.29, 1.82) is 0 Å². The largest absolute Gasteiger partial charge is 0.309 e. The Bertz CT molecular complexity index is 1210. The fourth-order valence-corrected chi connectivity index (χ4v) is 4.95. The molecule has 1 aliphatic rings. The van der Waals surface area contributed by atoms with E-state index in [4.69, 9.17) is 0 Å². The van der Waals surface area contributed by atoms with Gasteiger partial charge in [0.2, 0.25) is 0 Å². The summed E-state index contributed by atoms with van der Waals surface area (Å²) in [6, 6.07) is 11.7. The molecule has 7 nitrogen and oxygen atoms in total. The smallest absolute Gasteiger partial charge is 0.258 e. The van der Waals surface area contributed by atoms with Gasteiger partial charge >= 0.3 is 0 Å². The summed E-state index contributed by atoms with van der Waals surface area (Å²) in [4.78, 5) is 24.0. The van der Waals surface area contributed by atoms with Crippen molar-refractivity contribution in [3.63, 3.8) is 0 Å². The van der Waals surface area contributed by atoms with Crippen LogP contribution in [0.15, 0.2) is 58.7 Å². The maximum absolute atomic E-state index is 12.4. The van der Waals surface area contributed by atoms with Gasteiger partial charge in [-0.05, 0) is 37.1 Å². The van der Waals surface area contributed by atoms with E-state index in [9.17, 15) is 4.79 Å². The zero-order valence-electron chi connectivity index (χ0n) is 16.5. The molecule has 0 bridgehead atoms. The summed E-state index contributed by atoms with van der Waals surface area (Å²) in [6.45, 7) is 0. The Labute approximate surface area is 178 Å². The standard InChI is InChI=1S/C22H22N6OS/c29-21-17-8-4-5-9-18(17)24-19(25-21)14-30-22-27-26-20(15-10-12-23-13-11-15)28(22)16-6-2-1-3-7-16/h4-5,8-13,16H,1-3,6-7,14H2,(H,24,25,29). The molecule has 0 amide bonds. The molecule has 0 radical (unpaired) electrons. The highest BCUT2D eigenvalue weighted by Crippen LogP contribution is 2.36. The Balaban J connectivity index is 1.47. The molecule has 0 atom stereocenters. The van der Waals surface area contributed by atoms with E-state index in [0.29, 0.717) is 28.5 Å². The fraction of sp³-hybridized carbons (Fsp3) is 0.318. The maximum atomic E-state index is 12.4. The molecule has 3 aromatic heterocycles. The van der Waals surface area contributed by atoms with Gasteiger partial charge in [0.15, 0.2) is 11.0 Å². The first-order chi connectivity index (χ1) is 14.8. The highest BCUT2D eigenvalue weighted by Gasteiger charge is 2.24. The van der Waals surface area contributed by atoms with Crippen LogP contribution in [0.4, 0.5) is 0 Å². The van der Waals surface area contributed by atoms with Crippen molar-refractivity contribution in [3.05, 3.63) is 65.0 Å². The van der Waals surface area contributed by atoms with E-state index < -0.39 is 0 Å². The molecule has 0 saturated heterocycles. The minimum absolute atomic E-state index is 0.109. The fourth-order valence-electron chi connectivity index (χ4n) is 4.08. The Kier molecular flexibility index (Phi) is 5.31. The number of hydrogen-bond donors (Lipinski definition) is 1. The van der Waals surface area contributed by atoms with Crippen LogP contribution in [0.3, 0.4) is 0 Å². The summed E-state index contributed by atoms with van der Waals surface area (Å²) in [5.74, 6) is 2.06. The quantitative estimate of drug-likeness (QED) is 0.484. The molecule has 1 saturated carbocycles. The molecule has 3 heterocycles. The first kappa shape index (κ1) is 19.0. The number of hydrogen-bond acceptors (Lipinski definition) is 6. The lowest BCUT2D eigenvalue weighted by Crippen LogP contribution is -2.15. The van der Waals surface area contributed by atoms with Gasteiger partial charge in [-0.3, -0.25) is 14.3 Å². The van der Waals surface area contributed by atoms with E-state index in [1.165, 1.54) is 19.3 Å². The van der Waals surface area contributed by atoms with Gasteiger partial charge in [-0.2, -0.15) is 0 Å².